The molecule has 0 aliphatic carbocycles. The molecule has 0 saturated heterocycles. The molecule has 0 unspecified atom stereocenters. The van der Waals surface area contributed by atoms with Gasteiger partial charge in [-0.1, -0.05) is 48.5 Å². The van der Waals surface area contributed by atoms with Crippen LogP contribution in [0.4, 0.5) is 34.1 Å². The van der Waals surface area contributed by atoms with E-state index in [4.69, 9.17) is 14.2 Å². The number of nitrogens with one attached hydrogen (secondary N) is 1. The number of aryl methyl sites for hydroxylation is 3. The molecule has 6 nitrogen and oxygen atoms in total. The van der Waals surface area contributed by atoms with Crippen LogP contribution in [-0.2, 0) is 0 Å². The first-order valence-corrected chi connectivity index (χ1v) is 22.2. The van der Waals surface area contributed by atoms with Crippen LogP contribution in [-0.4, -0.2) is 32.6 Å². The van der Waals surface area contributed by atoms with Crippen molar-refractivity contribution in [2.75, 3.05) is 26.4 Å². The summed E-state index contributed by atoms with van der Waals surface area (Å²) in [5.41, 5.74) is 21.5. The fourth-order valence-corrected chi connectivity index (χ4v) is 12.1. The molecular weight excluding hydrogens is 751 g/mol. The fraction of sp³-hybridized carbons (Fsp3) is 0.106. The van der Waals surface area contributed by atoms with E-state index in [1.807, 2.05) is 0 Å². The number of fused-ring (bicyclic) bond motifs is 12. The maximum Gasteiger partial charge on any atom is 0.256 e. The third-order valence-corrected chi connectivity index (χ3v) is 14.4. The van der Waals surface area contributed by atoms with Crippen LogP contribution in [0.3, 0.4) is 0 Å². The molecule has 0 aromatic heterocycles. The highest BCUT2D eigenvalue weighted by atomic mass is 32.2. The van der Waals surface area contributed by atoms with Crippen molar-refractivity contribution in [3.63, 3.8) is 0 Å². The highest BCUT2D eigenvalue weighted by molar-refractivity contribution is 8.00. The van der Waals surface area contributed by atoms with E-state index in [1.165, 1.54) is 82.9 Å². The standard InChI is InChI=1S/C47H34B3N3O3S2/c1-24-14-34-45-42(17-24)54-39-12-8-6-10-27(39)48(45)29-20-30-35(22-33(29)51-34)52(57-4)38-16-26(3)19-44-47(38)50(30)32-21-31-36(23-41(32)56-44)53(58-5)37-15-25(2)18-43-46(37)49(31)28-11-7-9-13-40(28)55-43/h6-23,51H,1-5H3. The molecule has 276 valence electrons. The normalized spacial score (nSPS) is 14.8. The SMILES string of the molecule is CSN1c2cc3c(cc2B2c4cc5c(cc4Oc4cc(C)cc1c42)N(SC)c1cc(C)cc2c1B5c1ccccc1O2)B1c2ccccc2Oc2cc(C)cc(c21)N3. The van der Waals surface area contributed by atoms with Crippen molar-refractivity contribution in [1.29, 1.82) is 0 Å². The third kappa shape index (κ3) is 4.30. The molecule has 0 bridgehead atoms. The van der Waals surface area contributed by atoms with Gasteiger partial charge in [0.2, 0.25) is 0 Å². The lowest BCUT2D eigenvalue weighted by Gasteiger charge is -2.43. The first kappa shape index (κ1) is 33.2. The molecule has 7 aromatic rings. The maximum absolute atomic E-state index is 7.12. The zero-order valence-corrected chi connectivity index (χ0v) is 34.2. The van der Waals surface area contributed by atoms with Gasteiger partial charge in [0.25, 0.3) is 20.1 Å². The van der Waals surface area contributed by atoms with Crippen LogP contribution in [0.5, 0.6) is 34.5 Å². The van der Waals surface area contributed by atoms with Crippen LogP contribution in [0.1, 0.15) is 16.7 Å². The molecule has 0 amide bonds. The molecule has 6 aliphatic heterocycles. The van der Waals surface area contributed by atoms with Gasteiger partial charge in [0.1, 0.15) is 34.5 Å². The van der Waals surface area contributed by atoms with Crippen LogP contribution in [0.25, 0.3) is 0 Å². The van der Waals surface area contributed by atoms with E-state index >= 15 is 0 Å². The molecule has 0 fully saturated rings. The lowest BCUT2D eigenvalue weighted by atomic mass is 9.29. The second-order valence-electron chi connectivity index (χ2n) is 16.3. The van der Waals surface area contributed by atoms with E-state index in [-0.39, 0.29) is 20.1 Å². The van der Waals surface area contributed by atoms with Crippen LogP contribution in [0.2, 0.25) is 0 Å². The molecule has 13 rings (SSSR count). The Kier molecular flexibility index (Phi) is 6.69. The Balaban J connectivity index is 1.08. The summed E-state index contributed by atoms with van der Waals surface area (Å²) in [6, 6.07) is 40.3. The molecule has 0 saturated carbocycles. The third-order valence-electron chi connectivity index (χ3n) is 12.9. The number of para-hydroxylation sites is 2. The number of nitrogens with zero attached hydrogens (tertiary/aromatic N) is 2. The summed E-state index contributed by atoms with van der Waals surface area (Å²) in [6.07, 6.45) is 4.34. The zero-order valence-electron chi connectivity index (χ0n) is 32.6. The monoisotopic (exact) mass is 785 g/mol. The van der Waals surface area contributed by atoms with E-state index in [9.17, 15) is 0 Å². The molecular formula is C47H34B3N3O3S2. The molecule has 58 heavy (non-hydrogen) atoms. The first-order valence-electron chi connectivity index (χ1n) is 19.8. The second-order valence-corrected chi connectivity index (χ2v) is 17.8. The van der Waals surface area contributed by atoms with Crippen molar-refractivity contribution in [2.24, 2.45) is 0 Å². The van der Waals surface area contributed by atoms with E-state index in [0.717, 1.165) is 51.6 Å². The van der Waals surface area contributed by atoms with Gasteiger partial charge in [-0.15, -0.1) is 0 Å². The van der Waals surface area contributed by atoms with Crippen molar-refractivity contribution in [1.82, 2.24) is 0 Å². The average molecular weight is 785 g/mol. The van der Waals surface area contributed by atoms with Crippen molar-refractivity contribution in [2.45, 2.75) is 20.8 Å². The topological polar surface area (TPSA) is 46.2 Å². The second kappa shape index (κ2) is 11.7. The number of ether oxygens (including phenoxy) is 3. The summed E-state index contributed by atoms with van der Waals surface area (Å²) in [7, 11) is 0. The van der Waals surface area contributed by atoms with Crippen molar-refractivity contribution < 1.29 is 14.2 Å². The van der Waals surface area contributed by atoms with Gasteiger partial charge in [0.05, 0.1) is 17.1 Å². The summed E-state index contributed by atoms with van der Waals surface area (Å²) in [5, 5.41) is 3.90. The van der Waals surface area contributed by atoms with Gasteiger partial charge in [-0.05, 0) is 165 Å². The quantitative estimate of drug-likeness (QED) is 0.170. The molecule has 1 N–H and O–H groups in total. The number of rotatable bonds is 2. The summed E-state index contributed by atoms with van der Waals surface area (Å²) >= 11 is 3.47. The number of benzene rings is 7. The van der Waals surface area contributed by atoms with Gasteiger partial charge in [0.15, 0.2) is 0 Å². The Hall–Kier alpha value is -5.77. The van der Waals surface area contributed by atoms with Gasteiger partial charge >= 0.3 is 0 Å². The largest absolute Gasteiger partial charge is 0.458 e. The van der Waals surface area contributed by atoms with Crippen molar-refractivity contribution in [3.8, 4) is 34.5 Å². The van der Waals surface area contributed by atoms with Crippen molar-refractivity contribution in [3.05, 3.63) is 126 Å². The molecule has 11 heteroatoms. The predicted octanol–water partition coefficient (Wildman–Crippen LogP) is 5.99. The molecule has 0 atom stereocenters. The van der Waals surface area contributed by atoms with Gasteiger partial charge in [-0.3, -0.25) is 8.61 Å². The fourth-order valence-electron chi connectivity index (χ4n) is 10.7. The van der Waals surface area contributed by atoms with Gasteiger partial charge in [-0.25, -0.2) is 0 Å². The molecule has 6 aliphatic rings. The lowest BCUT2D eigenvalue weighted by molar-refractivity contribution is 0.486. The number of hydrogen-bond donors (Lipinski definition) is 1. The maximum atomic E-state index is 7.12. The first-order chi connectivity index (χ1) is 28.4. The Morgan fingerprint density at radius 1 is 0.414 bits per heavy atom. The summed E-state index contributed by atoms with van der Waals surface area (Å²) in [4.78, 5) is 0. The Bertz CT molecular complexity index is 3050. The Labute approximate surface area is 347 Å². The summed E-state index contributed by atoms with van der Waals surface area (Å²) in [6.45, 7) is 6.44. The Morgan fingerprint density at radius 2 is 0.897 bits per heavy atom. The van der Waals surface area contributed by atoms with Crippen LogP contribution < -0.4 is 77.3 Å². The van der Waals surface area contributed by atoms with E-state index in [2.05, 4.69) is 156 Å². The van der Waals surface area contributed by atoms with Crippen LogP contribution in [0, 0.1) is 20.8 Å². The molecule has 6 heterocycles. The summed E-state index contributed by atoms with van der Waals surface area (Å²) in [5.74, 6) is 5.53. The Morgan fingerprint density at radius 3 is 1.50 bits per heavy atom. The van der Waals surface area contributed by atoms with Gasteiger partial charge < -0.3 is 19.5 Å². The molecule has 0 radical (unpaired) electrons. The minimum Gasteiger partial charge on any atom is -0.458 e. The van der Waals surface area contributed by atoms with Gasteiger partial charge in [-0.2, -0.15) is 0 Å². The minimum absolute atomic E-state index is 0.00810. The zero-order chi connectivity index (χ0) is 38.7. The molecule has 0 spiro atoms. The van der Waals surface area contributed by atoms with Crippen molar-refractivity contribution >= 4 is 127 Å². The number of hydrogen-bond acceptors (Lipinski definition) is 8. The van der Waals surface area contributed by atoms with E-state index in [0.29, 0.717) is 0 Å². The van der Waals surface area contributed by atoms with E-state index < -0.39 is 0 Å². The minimum atomic E-state index is -0.0611. The van der Waals surface area contributed by atoms with Crippen LogP contribution in [0.15, 0.2) is 109 Å². The number of anilines is 6. The van der Waals surface area contributed by atoms with E-state index in [1.54, 1.807) is 23.9 Å². The lowest BCUT2D eigenvalue weighted by Crippen LogP contribution is -2.64. The summed E-state index contributed by atoms with van der Waals surface area (Å²) < 4.78 is 25.2. The average Bonchev–Trinajstić information content (AvgIpc) is 3.21. The highest BCUT2D eigenvalue weighted by Gasteiger charge is 2.48. The predicted molar refractivity (Wildman–Crippen MR) is 248 cm³/mol. The highest BCUT2D eigenvalue weighted by Crippen LogP contribution is 2.45. The van der Waals surface area contributed by atoms with Gasteiger partial charge in [0, 0.05) is 35.6 Å². The smallest absolute Gasteiger partial charge is 0.256 e. The van der Waals surface area contributed by atoms with Crippen LogP contribution >= 0.6 is 23.9 Å². The molecule has 7 aromatic carbocycles.